The molecule has 2 N–H and O–H groups in total. The first kappa shape index (κ1) is 18.5. The third-order valence-corrected chi connectivity index (χ3v) is 5.29. The number of fused-ring (bicyclic) bond motifs is 1. The first-order chi connectivity index (χ1) is 12.3. The Kier molecular flexibility index (Phi) is 5.07. The van der Waals surface area contributed by atoms with Crippen LogP contribution in [0.5, 0.6) is 0 Å². The van der Waals surface area contributed by atoms with Crippen LogP contribution in [0.2, 0.25) is 0 Å². The molecule has 134 valence electrons. The highest BCUT2D eigenvalue weighted by atomic mass is 32.1. The van der Waals surface area contributed by atoms with Gasteiger partial charge < -0.3 is 10.6 Å². The van der Waals surface area contributed by atoms with Crippen LogP contribution in [0.3, 0.4) is 0 Å². The number of carbonyl (C=O) groups is 1. The van der Waals surface area contributed by atoms with Crippen LogP contribution in [0.4, 0.5) is 5.69 Å². The van der Waals surface area contributed by atoms with Crippen molar-refractivity contribution in [2.24, 2.45) is 5.41 Å². The SMILES string of the molecule is Cc1c(NC(=S)NC(=O)C(C)(C)C)cccc1-c1nc2ccccc2s1. The van der Waals surface area contributed by atoms with E-state index in [9.17, 15) is 4.79 Å². The molecule has 0 saturated carbocycles. The van der Waals surface area contributed by atoms with E-state index in [1.807, 2.05) is 58.0 Å². The van der Waals surface area contributed by atoms with Gasteiger partial charge in [-0.3, -0.25) is 4.79 Å². The zero-order chi connectivity index (χ0) is 18.9. The lowest BCUT2D eigenvalue weighted by atomic mass is 9.96. The minimum absolute atomic E-state index is 0.116. The van der Waals surface area contributed by atoms with Gasteiger partial charge in [0.05, 0.1) is 10.2 Å². The van der Waals surface area contributed by atoms with Crippen LogP contribution in [0.25, 0.3) is 20.8 Å². The number of nitrogens with one attached hydrogen (secondary N) is 2. The predicted octanol–water partition coefficient (Wildman–Crippen LogP) is 5.13. The molecule has 6 heteroatoms. The van der Waals surface area contributed by atoms with Crippen molar-refractivity contribution in [3.63, 3.8) is 0 Å². The summed E-state index contributed by atoms with van der Waals surface area (Å²) in [7, 11) is 0. The van der Waals surface area contributed by atoms with E-state index in [1.165, 1.54) is 0 Å². The summed E-state index contributed by atoms with van der Waals surface area (Å²) < 4.78 is 1.16. The number of aromatic nitrogens is 1. The molecule has 0 spiro atoms. The maximum atomic E-state index is 12.1. The van der Waals surface area contributed by atoms with Crippen LogP contribution < -0.4 is 10.6 Å². The molecule has 1 amide bonds. The zero-order valence-electron chi connectivity index (χ0n) is 15.2. The predicted molar refractivity (Wildman–Crippen MR) is 114 cm³/mol. The van der Waals surface area contributed by atoms with Crippen LogP contribution >= 0.6 is 23.6 Å². The lowest BCUT2D eigenvalue weighted by Gasteiger charge is -2.19. The van der Waals surface area contributed by atoms with E-state index >= 15 is 0 Å². The fourth-order valence-electron chi connectivity index (χ4n) is 2.43. The molecule has 0 atom stereocenters. The molecule has 3 rings (SSSR count). The van der Waals surface area contributed by atoms with Crippen molar-refractivity contribution in [1.29, 1.82) is 0 Å². The number of para-hydroxylation sites is 1. The number of amides is 1. The van der Waals surface area contributed by atoms with Gasteiger partial charge in [0.1, 0.15) is 5.01 Å². The lowest BCUT2D eigenvalue weighted by Crippen LogP contribution is -2.41. The quantitative estimate of drug-likeness (QED) is 0.602. The molecule has 0 aliphatic rings. The Hall–Kier alpha value is -2.31. The molecule has 0 aliphatic heterocycles. The topological polar surface area (TPSA) is 54.0 Å². The van der Waals surface area contributed by atoms with Crippen LogP contribution in [0, 0.1) is 12.3 Å². The second kappa shape index (κ2) is 7.13. The highest BCUT2D eigenvalue weighted by Crippen LogP contribution is 2.34. The smallest absolute Gasteiger partial charge is 0.231 e. The van der Waals surface area contributed by atoms with Gasteiger partial charge >= 0.3 is 0 Å². The van der Waals surface area contributed by atoms with Crippen molar-refractivity contribution in [2.45, 2.75) is 27.7 Å². The molecule has 0 saturated heterocycles. The van der Waals surface area contributed by atoms with E-state index in [4.69, 9.17) is 17.2 Å². The molecular formula is C20H21N3OS2. The summed E-state index contributed by atoms with van der Waals surface area (Å²) in [4.78, 5) is 16.8. The number of hydrogen-bond acceptors (Lipinski definition) is 4. The van der Waals surface area contributed by atoms with E-state index in [2.05, 4.69) is 22.8 Å². The van der Waals surface area contributed by atoms with E-state index in [-0.39, 0.29) is 5.91 Å². The Morgan fingerprint density at radius 3 is 2.54 bits per heavy atom. The van der Waals surface area contributed by atoms with Crippen molar-refractivity contribution >= 4 is 50.5 Å². The van der Waals surface area contributed by atoms with Crippen molar-refractivity contribution in [1.82, 2.24) is 10.3 Å². The second-order valence-electron chi connectivity index (χ2n) is 7.12. The first-order valence-corrected chi connectivity index (χ1v) is 9.56. The van der Waals surface area contributed by atoms with Gasteiger partial charge in [-0.25, -0.2) is 4.98 Å². The fraction of sp³-hybridized carbons (Fsp3) is 0.250. The third-order valence-electron chi connectivity index (χ3n) is 4.01. The molecule has 0 fully saturated rings. The summed E-state index contributed by atoms with van der Waals surface area (Å²) >= 11 is 6.96. The maximum Gasteiger partial charge on any atom is 0.231 e. The van der Waals surface area contributed by atoms with Gasteiger partial charge in [0.15, 0.2) is 5.11 Å². The number of anilines is 1. The average molecular weight is 384 g/mol. The normalized spacial score (nSPS) is 11.4. The molecule has 0 bridgehead atoms. The highest BCUT2D eigenvalue weighted by molar-refractivity contribution is 7.80. The van der Waals surface area contributed by atoms with Gasteiger partial charge in [-0.1, -0.05) is 45.0 Å². The average Bonchev–Trinajstić information content (AvgIpc) is 2.99. The van der Waals surface area contributed by atoms with E-state index in [0.29, 0.717) is 5.11 Å². The van der Waals surface area contributed by atoms with Crippen LogP contribution in [0.15, 0.2) is 42.5 Å². The molecule has 4 nitrogen and oxygen atoms in total. The molecule has 0 radical (unpaired) electrons. The standard InChI is InChI=1S/C20H21N3OS2/c1-12-13(17-21-15-9-5-6-11-16(15)26-17)8-7-10-14(12)22-19(25)23-18(24)20(2,3)4/h5-11H,1-4H3,(H2,22,23,24,25). The Labute approximate surface area is 162 Å². The number of rotatable bonds is 2. The minimum Gasteiger partial charge on any atom is -0.332 e. The molecule has 0 aliphatic carbocycles. The Bertz CT molecular complexity index is 953. The summed E-state index contributed by atoms with van der Waals surface area (Å²) in [5.74, 6) is -0.116. The van der Waals surface area contributed by atoms with Gasteiger partial charge in [-0.05, 0) is 42.9 Å². The third kappa shape index (κ3) is 3.92. The van der Waals surface area contributed by atoms with Gasteiger partial charge in [0.2, 0.25) is 5.91 Å². The first-order valence-electron chi connectivity index (χ1n) is 8.34. The summed E-state index contributed by atoms with van der Waals surface area (Å²) in [5.41, 5.74) is 3.46. The Morgan fingerprint density at radius 1 is 1.12 bits per heavy atom. The maximum absolute atomic E-state index is 12.1. The van der Waals surface area contributed by atoms with E-state index in [0.717, 1.165) is 32.0 Å². The van der Waals surface area contributed by atoms with Crippen LogP contribution in [-0.2, 0) is 4.79 Å². The van der Waals surface area contributed by atoms with Gasteiger partial charge in [-0.15, -0.1) is 11.3 Å². The molecule has 26 heavy (non-hydrogen) atoms. The van der Waals surface area contributed by atoms with Crippen molar-refractivity contribution in [3.05, 3.63) is 48.0 Å². The van der Waals surface area contributed by atoms with E-state index < -0.39 is 5.41 Å². The van der Waals surface area contributed by atoms with Gasteiger partial charge in [0, 0.05) is 16.7 Å². The fourth-order valence-corrected chi connectivity index (χ4v) is 3.69. The van der Waals surface area contributed by atoms with Crippen molar-refractivity contribution < 1.29 is 4.79 Å². The van der Waals surface area contributed by atoms with Crippen molar-refractivity contribution in [2.75, 3.05) is 5.32 Å². The summed E-state index contributed by atoms with van der Waals surface area (Å²) in [5, 5.41) is 7.15. The number of thiocarbonyl (C=S) groups is 1. The number of thiazole rings is 1. The number of nitrogens with zero attached hydrogens (tertiary/aromatic N) is 1. The summed E-state index contributed by atoms with van der Waals surface area (Å²) in [6.07, 6.45) is 0. The largest absolute Gasteiger partial charge is 0.332 e. The molecule has 0 unspecified atom stereocenters. The molecule has 1 aromatic heterocycles. The molecule has 2 aromatic carbocycles. The van der Waals surface area contributed by atoms with E-state index in [1.54, 1.807) is 11.3 Å². The van der Waals surface area contributed by atoms with Gasteiger partial charge in [-0.2, -0.15) is 0 Å². The van der Waals surface area contributed by atoms with Crippen LogP contribution in [0.1, 0.15) is 26.3 Å². The lowest BCUT2D eigenvalue weighted by molar-refractivity contribution is -0.126. The monoisotopic (exact) mass is 383 g/mol. The highest BCUT2D eigenvalue weighted by Gasteiger charge is 2.22. The second-order valence-corrected chi connectivity index (χ2v) is 8.56. The minimum atomic E-state index is -0.496. The summed E-state index contributed by atoms with van der Waals surface area (Å²) in [6, 6.07) is 14.1. The van der Waals surface area contributed by atoms with Gasteiger partial charge in [0.25, 0.3) is 0 Å². The number of carbonyl (C=O) groups excluding carboxylic acids is 1. The molecule has 1 heterocycles. The summed E-state index contributed by atoms with van der Waals surface area (Å²) in [6.45, 7) is 7.58. The Balaban J connectivity index is 1.85. The van der Waals surface area contributed by atoms with Crippen LogP contribution in [-0.4, -0.2) is 16.0 Å². The van der Waals surface area contributed by atoms with Crippen molar-refractivity contribution in [3.8, 4) is 10.6 Å². The number of benzene rings is 2. The zero-order valence-corrected chi connectivity index (χ0v) is 16.8. The Morgan fingerprint density at radius 2 is 1.85 bits per heavy atom. The molecule has 3 aromatic rings. The number of hydrogen-bond donors (Lipinski definition) is 2. The molecular weight excluding hydrogens is 362 g/mol.